The molecule has 1 unspecified atom stereocenters. The first kappa shape index (κ1) is 18.0. The summed E-state index contributed by atoms with van der Waals surface area (Å²) in [4.78, 5) is 21.5. The van der Waals surface area contributed by atoms with Gasteiger partial charge >= 0.3 is 0 Å². The Kier molecular flexibility index (Phi) is 5.10. The van der Waals surface area contributed by atoms with E-state index >= 15 is 0 Å². The molecular weight excluding hydrogens is 376 g/mol. The Morgan fingerprint density at radius 3 is 2.81 bits per heavy atom. The van der Waals surface area contributed by atoms with Crippen LogP contribution in [0.15, 0.2) is 47.1 Å². The minimum Gasteiger partial charge on any atom is -0.316 e. The largest absolute Gasteiger partial charge is 0.316 e. The van der Waals surface area contributed by atoms with E-state index in [-0.39, 0.29) is 11.5 Å². The molecule has 3 aromatic rings. The third-order valence-corrected chi connectivity index (χ3v) is 6.44. The van der Waals surface area contributed by atoms with Crippen molar-refractivity contribution in [2.24, 2.45) is 0 Å². The van der Waals surface area contributed by atoms with Crippen LogP contribution < -0.4 is 0 Å². The summed E-state index contributed by atoms with van der Waals surface area (Å²) in [5.41, 5.74) is 3.05. The number of hydrogen-bond acceptors (Lipinski definition) is 6. The number of rotatable bonds is 7. The van der Waals surface area contributed by atoms with Gasteiger partial charge in [0.25, 0.3) is 0 Å². The number of aryl methyl sites for hydroxylation is 1. The molecule has 0 radical (unpaired) electrons. The van der Waals surface area contributed by atoms with Crippen molar-refractivity contribution in [1.29, 1.82) is 5.26 Å². The summed E-state index contributed by atoms with van der Waals surface area (Å²) in [6.07, 6.45) is 4.15. The zero-order valence-corrected chi connectivity index (χ0v) is 16.5. The first-order valence-electron chi connectivity index (χ1n) is 8.77. The maximum atomic E-state index is 12.6. The van der Waals surface area contributed by atoms with E-state index in [9.17, 15) is 10.1 Å². The van der Waals surface area contributed by atoms with Crippen molar-refractivity contribution in [1.82, 2.24) is 14.5 Å². The second-order valence-electron chi connectivity index (χ2n) is 6.54. The van der Waals surface area contributed by atoms with Crippen LogP contribution in [0.2, 0.25) is 0 Å². The van der Waals surface area contributed by atoms with Gasteiger partial charge in [-0.25, -0.2) is 9.97 Å². The number of nitrogens with zero attached hydrogens (tertiary/aromatic N) is 4. The number of Topliss-reactive ketones (excluding diaryl/α,β-unsaturated/α-hetero) is 1. The first-order chi connectivity index (χ1) is 13.2. The minimum absolute atomic E-state index is 0.122. The summed E-state index contributed by atoms with van der Waals surface area (Å²) in [7, 11) is 0. The number of ketones is 1. The molecule has 0 saturated heterocycles. The van der Waals surface area contributed by atoms with Crippen molar-refractivity contribution in [2.75, 3.05) is 5.75 Å². The van der Waals surface area contributed by atoms with E-state index in [0.717, 1.165) is 34.9 Å². The molecule has 2 aromatic heterocycles. The van der Waals surface area contributed by atoms with Crippen LogP contribution in [0.1, 0.15) is 35.5 Å². The number of carbonyl (C=O) groups excluding carboxylic acids is 1. The Balaban J connectivity index is 1.52. The molecule has 1 aliphatic rings. The van der Waals surface area contributed by atoms with Gasteiger partial charge in [0.15, 0.2) is 16.9 Å². The zero-order chi connectivity index (χ0) is 18.8. The Bertz CT molecular complexity index is 999. The van der Waals surface area contributed by atoms with Crippen LogP contribution in [-0.4, -0.2) is 26.1 Å². The fraction of sp³-hybridized carbons (Fsp3) is 0.300. The molecule has 4 rings (SSSR count). The predicted molar refractivity (Wildman–Crippen MR) is 107 cm³/mol. The van der Waals surface area contributed by atoms with Crippen LogP contribution in [0.3, 0.4) is 0 Å². The molecule has 2 heterocycles. The lowest BCUT2D eigenvalue weighted by Crippen LogP contribution is -2.13. The number of benzene rings is 1. The van der Waals surface area contributed by atoms with Crippen molar-refractivity contribution in [2.45, 2.75) is 36.9 Å². The zero-order valence-electron chi connectivity index (χ0n) is 14.8. The highest BCUT2D eigenvalue weighted by Gasteiger charge is 2.30. The van der Waals surface area contributed by atoms with E-state index in [1.165, 1.54) is 23.1 Å². The van der Waals surface area contributed by atoms with Crippen LogP contribution in [-0.2, 0) is 4.79 Å². The summed E-state index contributed by atoms with van der Waals surface area (Å²) in [5.74, 6) is -0.702. The molecule has 1 aromatic carbocycles. The Hall–Kier alpha value is -2.43. The molecule has 1 atom stereocenters. The van der Waals surface area contributed by atoms with Crippen LogP contribution in [0.5, 0.6) is 0 Å². The number of carbonyl (C=O) groups is 1. The van der Waals surface area contributed by atoms with Crippen molar-refractivity contribution in [3.8, 4) is 17.3 Å². The van der Waals surface area contributed by atoms with E-state index in [2.05, 4.69) is 32.7 Å². The van der Waals surface area contributed by atoms with Crippen molar-refractivity contribution < 1.29 is 4.79 Å². The van der Waals surface area contributed by atoms with E-state index in [0.29, 0.717) is 11.0 Å². The summed E-state index contributed by atoms with van der Waals surface area (Å²) in [5, 5.41) is 12.7. The van der Waals surface area contributed by atoms with Gasteiger partial charge < -0.3 is 4.57 Å². The van der Waals surface area contributed by atoms with E-state index in [1.54, 1.807) is 0 Å². The molecule has 0 bridgehead atoms. The third kappa shape index (κ3) is 3.82. The van der Waals surface area contributed by atoms with Crippen LogP contribution >= 0.6 is 23.1 Å². The maximum absolute atomic E-state index is 12.6. The average Bonchev–Trinajstić information content (AvgIpc) is 3.30. The van der Waals surface area contributed by atoms with E-state index in [4.69, 9.17) is 0 Å². The lowest BCUT2D eigenvalue weighted by atomic mass is 10.1. The van der Waals surface area contributed by atoms with Gasteiger partial charge in [0.1, 0.15) is 5.01 Å². The lowest BCUT2D eigenvalue weighted by molar-refractivity contribution is -0.116. The second-order valence-corrected chi connectivity index (χ2v) is 8.37. The fourth-order valence-electron chi connectivity index (χ4n) is 2.95. The molecule has 1 fully saturated rings. The maximum Gasteiger partial charge on any atom is 0.169 e. The van der Waals surface area contributed by atoms with Gasteiger partial charge in [-0.2, -0.15) is 5.26 Å². The average molecular weight is 395 g/mol. The van der Waals surface area contributed by atoms with Gasteiger partial charge in [-0.15, -0.1) is 11.3 Å². The van der Waals surface area contributed by atoms with Gasteiger partial charge in [0.2, 0.25) is 0 Å². The smallest absolute Gasteiger partial charge is 0.169 e. The Morgan fingerprint density at radius 2 is 2.19 bits per heavy atom. The normalized spacial score (nSPS) is 14.7. The van der Waals surface area contributed by atoms with Crippen molar-refractivity contribution in [3.63, 3.8) is 0 Å². The summed E-state index contributed by atoms with van der Waals surface area (Å²) < 4.78 is 2.24. The molecule has 7 heteroatoms. The summed E-state index contributed by atoms with van der Waals surface area (Å²) in [6, 6.07) is 12.7. The van der Waals surface area contributed by atoms with Gasteiger partial charge in [0.05, 0.1) is 23.7 Å². The number of hydrogen-bond donors (Lipinski definition) is 0. The van der Waals surface area contributed by atoms with Gasteiger partial charge in [-0.3, -0.25) is 4.79 Å². The highest BCUT2D eigenvalue weighted by Crippen LogP contribution is 2.42. The highest BCUT2D eigenvalue weighted by atomic mass is 32.2. The fourth-order valence-corrected chi connectivity index (χ4v) is 4.76. The first-order valence-corrected chi connectivity index (χ1v) is 10.6. The van der Waals surface area contributed by atoms with Gasteiger partial charge in [0, 0.05) is 17.1 Å². The standard InChI is InChI=1S/C20H18N4OS2/c1-13-11-26-19(23-13)16(9-21)18(25)12-27-20-22-10-17(24(20)15-7-8-15)14-5-3-2-4-6-14/h2-6,10-11,15-16H,7-8,12H2,1H3. The van der Waals surface area contributed by atoms with E-state index < -0.39 is 5.92 Å². The Labute approximate surface area is 166 Å². The van der Waals surface area contributed by atoms with Crippen LogP contribution in [0, 0.1) is 18.3 Å². The predicted octanol–water partition coefficient (Wildman–Crippen LogP) is 4.62. The quantitative estimate of drug-likeness (QED) is 0.547. The number of aromatic nitrogens is 3. The minimum atomic E-state index is -0.797. The molecule has 0 aliphatic heterocycles. The van der Waals surface area contributed by atoms with Crippen molar-refractivity contribution >= 4 is 28.9 Å². The monoisotopic (exact) mass is 394 g/mol. The number of thiazole rings is 1. The molecule has 1 aliphatic carbocycles. The summed E-state index contributed by atoms with van der Waals surface area (Å²) in [6.45, 7) is 1.87. The van der Waals surface area contributed by atoms with Crippen molar-refractivity contribution in [3.05, 3.63) is 52.6 Å². The topological polar surface area (TPSA) is 71.6 Å². The summed E-state index contributed by atoms with van der Waals surface area (Å²) >= 11 is 2.78. The molecule has 1 saturated carbocycles. The lowest BCUT2D eigenvalue weighted by Gasteiger charge is -2.11. The Morgan fingerprint density at radius 1 is 1.41 bits per heavy atom. The highest BCUT2D eigenvalue weighted by molar-refractivity contribution is 7.99. The molecule has 27 heavy (non-hydrogen) atoms. The van der Waals surface area contributed by atoms with E-state index in [1.807, 2.05) is 36.7 Å². The number of thioether (sulfide) groups is 1. The molecule has 136 valence electrons. The SMILES string of the molecule is Cc1csc(C(C#N)C(=O)CSc2ncc(-c3ccccc3)n2C2CC2)n1. The molecule has 0 N–H and O–H groups in total. The molecule has 5 nitrogen and oxygen atoms in total. The second kappa shape index (κ2) is 7.67. The van der Waals surface area contributed by atoms with Crippen LogP contribution in [0.25, 0.3) is 11.3 Å². The van der Waals surface area contributed by atoms with Gasteiger partial charge in [-0.05, 0) is 25.3 Å². The molecule has 0 amide bonds. The van der Waals surface area contributed by atoms with Gasteiger partial charge in [-0.1, -0.05) is 42.1 Å². The number of imidazole rings is 1. The molecule has 0 spiro atoms. The third-order valence-electron chi connectivity index (χ3n) is 4.42. The van der Waals surface area contributed by atoms with Crippen LogP contribution in [0.4, 0.5) is 0 Å². The molecular formula is C20H18N4OS2. The number of nitriles is 1.